The lowest BCUT2D eigenvalue weighted by atomic mass is 10.1. The smallest absolute Gasteiger partial charge is 0.239 e. The standard InChI is InChI=1S/C54H40O3P3/c55-58(43-25-4-1-5-26-43,52-34-16-22-40-19-10-13-31-49(40)52)46-37-47(59(56,44-27-6-2-7-28-44)53-35-17-23-41-20-11-14-32-50(41)53)39-48(38-46)60(57,45-29-8-3-9-30-45)54-36-18-24-42-21-12-15-33-51(42)54/h1-39,55H/q+1. The van der Waals surface area contributed by atoms with Gasteiger partial charge in [0.25, 0.3) is 0 Å². The summed E-state index contributed by atoms with van der Waals surface area (Å²) in [5.74, 6) is 0. The molecule has 0 bridgehead atoms. The normalized spacial score (nSPS) is 14.6. The molecule has 0 aromatic heterocycles. The molecule has 0 aliphatic carbocycles. The van der Waals surface area contributed by atoms with Crippen LogP contribution < -0.4 is 47.7 Å². The van der Waals surface area contributed by atoms with Crippen LogP contribution >= 0.6 is 21.8 Å². The van der Waals surface area contributed by atoms with Gasteiger partial charge in [0.1, 0.15) is 15.9 Å². The fourth-order valence-corrected chi connectivity index (χ4v) is 17.9. The molecule has 6 heteroatoms. The van der Waals surface area contributed by atoms with Gasteiger partial charge in [-0.15, -0.1) is 0 Å². The number of rotatable bonds is 9. The van der Waals surface area contributed by atoms with Crippen LogP contribution in [0, 0.1) is 0 Å². The molecule has 60 heavy (non-hydrogen) atoms. The van der Waals surface area contributed by atoms with Crippen molar-refractivity contribution in [1.82, 2.24) is 0 Å². The van der Waals surface area contributed by atoms with Crippen LogP contribution in [0.4, 0.5) is 0 Å². The second-order valence-corrected chi connectivity index (χ2v) is 23.3. The SMILES string of the molecule is O=P(c1ccccc1)(c1cc(P(=O)(c2ccccc2)c2cccc3ccccc23)cc([P+](O)(c2ccccc2)c2cccc3ccccc23)c1)c1cccc2ccccc12. The van der Waals surface area contributed by atoms with Gasteiger partial charge in [-0.05, 0) is 63.3 Å². The van der Waals surface area contributed by atoms with E-state index >= 15 is 9.13 Å². The summed E-state index contributed by atoms with van der Waals surface area (Å²) in [4.78, 5) is 14.1. The van der Waals surface area contributed by atoms with Crippen LogP contribution in [0.5, 0.6) is 0 Å². The highest BCUT2D eigenvalue weighted by Crippen LogP contribution is 2.55. The maximum Gasteiger partial charge on any atom is 0.239 e. The van der Waals surface area contributed by atoms with Gasteiger partial charge >= 0.3 is 0 Å². The van der Waals surface area contributed by atoms with Crippen molar-refractivity contribution in [3.63, 3.8) is 0 Å². The third-order valence-corrected chi connectivity index (χ3v) is 21.0. The molecule has 10 aromatic carbocycles. The summed E-state index contributed by atoms with van der Waals surface area (Å²) in [5.41, 5.74) is 0. The van der Waals surface area contributed by atoms with Crippen LogP contribution in [-0.4, -0.2) is 4.89 Å². The summed E-state index contributed by atoms with van der Waals surface area (Å²) in [6.07, 6.45) is 0. The van der Waals surface area contributed by atoms with Crippen molar-refractivity contribution >= 4 is 102 Å². The van der Waals surface area contributed by atoms with E-state index in [4.69, 9.17) is 0 Å². The van der Waals surface area contributed by atoms with Gasteiger partial charge in [0.05, 0.1) is 0 Å². The fraction of sp³-hybridized carbons (Fsp3) is 0. The molecule has 10 rings (SSSR count). The zero-order chi connectivity index (χ0) is 40.7. The van der Waals surface area contributed by atoms with E-state index in [1.807, 2.05) is 218 Å². The van der Waals surface area contributed by atoms with Crippen LogP contribution in [0.2, 0.25) is 0 Å². The van der Waals surface area contributed by atoms with E-state index < -0.39 is 21.8 Å². The fourth-order valence-electron chi connectivity index (χ4n) is 8.79. The highest BCUT2D eigenvalue weighted by Gasteiger charge is 2.48. The van der Waals surface area contributed by atoms with Gasteiger partial charge in [0.2, 0.25) is 7.49 Å². The first-order valence-corrected chi connectivity index (χ1v) is 25.2. The first-order chi connectivity index (χ1) is 29.4. The Morgan fingerprint density at radius 2 is 0.683 bits per heavy atom. The first kappa shape index (κ1) is 38.1. The molecule has 288 valence electrons. The van der Waals surface area contributed by atoms with Crippen molar-refractivity contribution in [2.45, 2.75) is 0 Å². The highest BCUT2D eigenvalue weighted by atomic mass is 31.2. The molecule has 0 aliphatic rings. The Hall–Kier alpha value is -6.17. The monoisotopic (exact) mass is 829 g/mol. The van der Waals surface area contributed by atoms with Gasteiger partial charge in [0, 0.05) is 37.2 Å². The molecule has 0 saturated carbocycles. The zero-order valence-corrected chi connectivity index (χ0v) is 35.3. The summed E-state index contributed by atoms with van der Waals surface area (Å²) in [7, 11) is -11.2. The quantitative estimate of drug-likeness (QED) is 0.148. The molecular weight excluding hydrogens is 790 g/mol. The minimum Gasteiger partial charge on any atom is -0.309 e. The Morgan fingerprint density at radius 3 is 1.17 bits per heavy atom. The van der Waals surface area contributed by atoms with Crippen molar-refractivity contribution in [3.8, 4) is 0 Å². The second-order valence-electron chi connectivity index (χ2n) is 15.1. The Kier molecular flexibility index (Phi) is 9.80. The van der Waals surface area contributed by atoms with E-state index in [-0.39, 0.29) is 0 Å². The summed E-state index contributed by atoms with van der Waals surface area (Å²) < 4.78 is 34.0. The number of hydrogen-bond acceptors (Lipinski definition) is 3. The molecule has 3 unspecified atom stereocenters. The van der Waals surface area contributed by atoms with Gasteiger partial charge in [-0.3, -0.25) is 0 Å². The molecule has 0 aliphatic heterocycles. The Balaban J connectivity index is 1.39. The maximum atomic E-state index is 17.0. The molecule has 0 saturated heterocycles. The number of fused-ring (bicyclic) bond motifs is 3. The molecule has 1 N–H and O–H groups in total. The van der Waals surface area contributed by atoms with Gasteiger partial charge in [-0.2, -0.15) is 0 Å². The van der Waals surface area contributed by atoms with Crippen LogP contribution in [0.25, 0.3) is 32.3 Å². The zero-order valence-electron chi connectivity index (χ0n) is 32.6. The highest BCUT2D eigenvalue weighted by molar-refractivity contribution is 7.92. The van der Waals surface area contributed by atoms with Crippen LogP contribution in [0.3, 0.4) is 0 Å². The minimum absolute atomic E-state index is 0.503. The molecule has 3 nitrogen and oxygen atoms in total. The van der Waals surface area contributed by atoms with Crippen molar-refractivity contribution in [3.05, 3.63) is 237 Å². The van der Waals surface area contributed by atoms with E-state index in [9.17, 15) is 4.89 Å². The molecule has 0 radical (unpaired) electrons. The largest absolute Gasteiger partial charge is 0.309 e. The molecule has 3 atom stereocenters. The summed E-state index contributed by atoms with van der Waals surface area (Å²) >= 11 is 0. The molecular formula is C54H40O3P3+. The van der Waals surface area contributed by atoms with E-state index in [1.165, 1.54) is 0 Å². The molecule has 0 heterocycles. The summed E-state index contributed by atoms with van der Waals surface area (Å²) in [6, 6.07) is 77.1. The summed E-state index contributed by atoms with van der Waals surface area (Å²) in [6.45, 7) is 0. The lowest BCUT2D eigenvalue weighted by molar-refractivity contribution is 0.592. The third kappa shape index (κ3) is 6.21. The van der Waals surface area contributed by atoms with E-state index in [2.05, 4.69) is 18.2 Å². The van der Waals surface area contributed by atoms with Gasteiger partial charge < -0.3 is 9.13 Å². The Morgan fingerprint density at radius 1 is 0.317 bits per heavy atom. The molecule has 0 spiro atoms. The predicted octanol–water partition coefficient (Wildman–Crippen LogP) is 9.63. The van der Waals surface area contributed by atoms with E-state index in [0.717, 1.165) is 42.9 Å². The summed E-state index contributed by atoms with van der Waals surface area (Å²) in [5, 5.41) is 11.4. The van der Waals surface area contributed by atoms with Crippen LogP contribution in [0.1, 0.15) is 0 Å². The number of hydrogen-bond donors (Lipinski definition) is 1. The Labute approximate surface area is 350 Å². The first-order valence-electron chi connectivity index (χ1n) is 20.0. The lowest BCUT2D eigenvalue weighted by Crippen LogP contribution is -2.38. The lowest BCUT2D eigenvalue weighted by Gasteiger charge is -2.28. The van der Waals surface area contributed by atoms with E-state index in [0.29, 0.717) is 37.1 Å². The number of benzene rings is 10. The minimum atomic E-state index is -3.79. The molecule has 0 fully saturated rings. The maximum absolute atomic E-state index is 17.0. The van der Waals surface area contributed by atoms with Gasteiger partial charge in [-0.25, -0.2) is 4.89 Å². The molecule has 10 aromatic rings. The predicted molar refractivity (Wildman–Crippen MR) is 259 cm³/mol. The van der Waals surface area contributed by atoms with Crippen molar-refractivity contribution in [2.75, 3.05) is 0 Å². The average Bonchev–Trinajstić information content (AvgIpc) is 3.33. The second kappa shape index (κ2) is 15.5. The van der Waals surface area contributed by atoms with E-state index in [1.54, 1.807) is 0 Å². The van der Waals surface area contributed by atoms with Crippen molar-refractivity contribution < 1.29 is 14.0 Å². The van der Waals surface area contributed by atoms with Crippen LogP contribution in [-0.2, 0) is 9.13 Å². The topological polar surface area (TPSA) is 54.4 Å². The average molecular weight is 830 g/mol. The molecule has 0 amide bonds. The van der Waals surface area contributed by atoms with Crippen molar-refractivity contribution in [2.24, 2.45) is 0 Å². The van der Waals surface area contributed by atoms with Crippen molar-refractivity contribution in [1.29, 1.82) is 0 Å². The van der Waals surface area contributed by atoms with Crippen LogP contribution in [0.15, 0.2) is 237 Å². The Bertz CT molecular complexity index is 3130. The van der Waals surface area contributed by atoms with Gasteiger partial charge in [-0.1, -0.05) is 200 Å². The third-order valence-electron chi connectivity index (χ3n) is 11.7. The van der Waals surface area contributed by atoms with Gasteiger partial charge in [0.15, 0.2) is 14.3 Å².